The number of anilines is 1. The number of hydrogen-bond acceptors (Lipinski definition) is 7. The maximum atomic E-state index is 12.3. The molecule has 0 spiro atoms. The SMILES string of the molecule is NC(=O)c1c(NC(=O)COC(=O)CNC(=O)c2ccc(Oc3ccccc3)cc2)sc2c1CCC2. The molecule has 0 radical (unpaired) electrons. The molecule has 0 unspecified atom stereocenters. The van der Waals surface area contributed by atoms with E-state index in [1.54, 1.807) is 24.3 Å². The van der Waals surface area contributed by atoms with Crippen LogP contribution in [0.2, 0.25) is 0 Å². The van der Waals surface area contributed by atoms with Crippen molar-refractivity contribution in [3.05, 3.63) is 76.2 Å². The Kier molecular flexibility index (Phi) is 7.41. The Morgan fingerprint density at radius 2 is 1.66 bits per heavy atom. The third-order valence-corrected chi connectivity index (χ3v) is 6.48. The van der Waals surface area contributed by atoms with Crippen LogP contribution in [0.25, 0.3) is 0 Å². The smallest absolute Gasteiger partial charge is 0.325 e. The molecule has 0 atom stereocenters. The molecule has 180 valence electrons. The van der Waals surface area contributed by atoms with E-state index < -0.39 is 36.8 Å². The van der Waals surface area contributed by atoms with Gasteiger partial charge in [0.2, 0.25) is 0 Å². The zero-order valence-electron chi connectivity index (χ0n) is 18.7. The van der Waals surface area contributed by atoms with Crippen LogP contribution in [0.3, 0.4) is 0 Å². The number of para-hydroxylation sites is 1. The van der Waals surface area contributed by atoms with Crippen LogP contribution in [-0.4, -0.2) is 36.8 Å². The van der Waals surface area contributed by atoms with E-state index in [-0.39, 0.29) is 0 Å². The maximum absolute atomic E-state index is 12.3. The van der Waals surface area contributed by atoms with Crippen molar-refractivity contribution < 1.29 is 28.7 Å². The Balaban J connectivity index is 1.22. The van der Waals surface area contributed by atoms with E-state index in [0.717, 1.165) is 29.7 Å². The summed E-state index contributed by atoms with van der Waals surface area (Å²) in [5.41, 5.74) is 7.02. The van der Waals surface area contributed by atoms with Crippen LogP contribution in [-0.2, 0) is 27.2 Å². The first kappa shape index (κ1) is 24.0. The summed E-state index contributed by atoms with van der Waals surface area (Å²) in [5.74, 6) is -1.21. The number of esters is 1. The standard InChI is InChI=1S/C25H23N3O6S/c26-23(31)22-18-7-4-8-19(18)35-25(22)28-20(29)14-33-21(30)13-27-24(32)15-9-11-17(12-10-15)34-16-5-2-1-3-6-16/h1-3,5-6,9-12H,4,7-8,13-14H2,(H2,26,31)(H,27,32)(H,28,29). The van der Waals surface area contributed by atoms with Crippen LogP contribution < -0.4 is 21.1 Å². The van der Waals surface area contributed by atoms with E-state index in [4.69, 9.17) is 15.2 Å². The second-order valence-corrected chi connectivity index (χ2v) is 8.86. The van der Waals surface area contributed by atoms with Crippen molar-refractivity contribution in [3.8, 4) is 11.5 Å². The number of fused-ring (bicyclic) bond motifs is 1. The molecule has 10 heteroatoms. The number of ether oxygens (including phenoxy) is 2. The number of amides is 3. The molecule has 0 bridgehead atoms. The summed E-state index contributed by atoms with van der Waals surface area (Å²) in [5, 5.41) is 5.41. The number of carbonyl (C=O) groups excluding carboxylic acids is 4. The topological polar surface area (TPSA) is 137 Å². The van der Waals surface area contributed by atoms with E-state index in [9.17, 15) is 19.2 Å². The molecule has 3 aromatic rings. The molecular formula is C25H23N3O6S. The normalized spacial score (nSPS) is 11.9. The van der Waals surface area contributed by atoms with E-state index in [2.05, 4.69) is 10.6 Å². The van der Waals surface area contributed by atoms with Gasteiger partial charge in [0.25, 0.3) is 17.7 Å². The minimum absolute atomic E-state index is 0.328. The molecule has 35 heavy (non-hydrogen) atoms. The number of rotatable bonds is 9. The maximum Gasteiger partial charge on any atom is 0.325 e. The zero-order valence-corrected chi connectivity index (χ0v) is 19.5. The number of primary amides is 1. The Morgan fingerprint density at radius 1 is 0.943 bits per heavy atom. The molecule has 1 aromatic heterocycles. The molecular weight excluding hydrogens is 470 g/mol. The molecule has 0 saturated heterocycles. The van der Waals surface area contributed by atoms with Gasteiger partial charge in [0.15, 0.2) is 6.61 Å². The van der Waals surface area contributed by atoms with E-state index in [1.165, 1.54) is 11.3 Å². The fourth-order valence-electron chi connectivity index (χ4n) is 3.67. The van der Waals surface area contributed by atoms with Gasteiger partial charge in [-0.25, -0.2) is 0 Å². The van der Waals surface area contributed by atoms with E-state index in [1.807, 2.05) is 30.3 Å². The minimum atomic E-state index is -0.777. The quantitative estimate of drug-likeness (QED) is 0.392. The lowest BCUT2D eigenvalue weighted by Gasteiger charge is -2.09. The Morgan fingerprint density at radius 3 is 2.37 bits per heavy atom. The predicted molar refractivity (Wildman–Crippen MR) is 130 cm³/mol. The van der Waals surface area contributed by atoms with Crippen molar-refractivity contribution in [1.82, 2.24) is 5.32 Å². The van der Waals surface area contributed by atoms with Gasteiger partial charge in [-0.05, 0) is 61.2 Å². The number of benzene rings is 2. The lowest BCUT2D eigenvalue weighted by atomic mass is 10.1. The summed E-state index contributed by atoms with van der Waals surface area (Å²) < 4.78 is 10.6. The van der Waals surface area contributed by atoms with Crippen LogP contribution >= 0.6 is 11.3 Å². The van der Waals surface area contributed by atoms with Crippen LogP contribution in [0.4, 0.5) is 5.00 Å². The number of aryl methyl sites for hydroxylation is 1. The second kappa shape index (κ2) is 10.8. The highest BCUT2D eigenvalue weighted by atomic mass is 32.1. The molecule has 0 saturated carbocycles. The van der Waals surface area contributed by atoms with Gasteiger partial charge < -0.3 is 25.8 Å². The van der Waals surface area contributed by atoms with Crippen molar-refractivity contribution in [2.24, 2.45) is 5.73 Å². The highest BCUT2D eigenvalue weighted by Gasteiger charge is 2.26. The summed E-state index contributed by atoms with van der Waals surface area (Å²) in [4.78, 5) is 49.3. The summed E-state index contributed by atoms with van der Waals surface area (Å²) >= 11 is 1.31. The highest BCUT2D eigenvalue weighted by Crippen LogP contribution is 2.38. The van der Waals surface area contributed by atoms with Gasteiger partial charge >= 0.3 is 5.97 Å². The first-order valence-corrected chi connectivity index (χ1v) is 11.7. The molecule has 9 nitrogen and oxygen atoms in total. The molecule has 2 aromatic carbocycles. The van der Waals surface area contributed by atoms with Crippen molar-refractivity contribution in [3.63, 3.8) is 0 Å². The second-order valence-electron chi connectivity index (χ2n) is 7.76. The molecule has 4 rings (SSSR count). The Labute approximate surface area is 205 Å². The zero-order chi connectivity index (χ0) is 24.8. The van der Waals surface area contributed by atoms with Gasteiger partial charge in [0.1, 0.15) is 23.0 Å². The third kappa shape index (κ3) is 6.04. The summed E-state index contributed by atoms with van der Waals surface area (Å²) in [6, 6.07) is 15.6. The van der Waals surface area contributed by atoms with Crippen LogP contribution in [0.15, 0.2) is 54.6 Å². The lowest BCUT2D eigenvalue weighted by molar-refractivity contribution is -0.146. The minimum Gasteiger partial charge on any atom is -0.457 e. The first-order chi connectivity index (χ1) is 16.9. The average molecular weight is 494 g/mol. The number of thiophene rings is 1. The van der Waals surface area contributed by atoms with Crippen molar-refractivity contribution >= 4 is 40.0 Å². The molecule has 1 aliphatic carbocycles. The van der Waals surface area contributed by atoms with Gasteiger partial charge in [0.05, 0.1) is 5.56 Å². The highest BCUT2D eigenvalue weighted by molar-refractivity contribution is 7.17. The predicted octanol–water partition coefficient (Wildman–Crippen LogP) is 3.04. The van der Waals surface area contributed by atoms with Crippen molar-refractivity contribution in [1.29, 1.82) is 0 Å². The Bertz CT molecular complexity index is 1250. The summed E-state index contributed by atoms with van der Waals surface area (Å²) in [7, 11) is 0. The number of nitrogens with one attached hydrogen (secondary N) is 2. The fraction of sp³-hybridized carbons (Fsp3) is 0.200. The monoisotopic (exact) mass is 493 g/mol. The number of carbonyl (C=O) groups is 4. The van der Waals surface area contributed by atoms with Crippen molar-refractivity contribution in [2.45, 2.75) is 19.3 Å². The molecule has 3 amide bonds. The summed E-state index contributed by atoms with van der Waals surface area (Å²) in [6.07, 6.45) is 2.54. The third-order valence-electron chi connectivity index (χ3n) is 5.27. The van der Waals surface area contributed by atoms with E-state index >= 15 is 0 Å². The lowest BCUT2D eigenvalue weighted by Crippen LogP contribution is -2.32. The molecule has 1 heterocycles. The van der Waals surface area contributed by atoms with Gasteiger partial charge in [0, 0.05) is 10.4 Å². The molecule has 1 aliphatic rings. The van der Waals surface area contributed by atoms with Gasteiger partial charge in [-0.15, -0.1) is 11.3 Å². The molecule has 0 aliphatic heterocycles. The van der Waals surface area contributed by atoms with E-state index in [0.29, 0.717) is 27.6 Å². The number of nitrogens with two attached hydrogens (primary N) is 1. The van der Waals surface area contributed by atoms with Gasteiger partial charge in [-0.1, -0.05) is 18.2 Å². The number of hydrogen-bond donors (Lipinski definition) is 3. The molecule has 0 fully saturated rings. The van der Waals surface area contributed by atoms with Crippen molar-refractivity contribution in [2.75, 3.05) is 18.5 Å². The summed E-state index contributed by atoms with van der Waals surface area (Å²) in [6.45, 7) is -0.963. The van der Waals surface area contributed by atoms with Crippen LogP contribution in [0.1, 0.15) is 37.6 Å². The van der Waals surface area contributed by atoms with Crippen LogP contribution in [0.5, 0.6) is 11.5 Å². The first-order valence-electron chi connectivity index (χ1n) is 10.9. The van der Waals surface area contributed by atoms with Gasteiger partial charge in [-0.3, -0.25) is 19.2 Å². The largest absolute Gasteiger partial charge is 0.457 e. The van der Waals surface area contributed by atoms with Crippen LogP contribution in [0, 0.1) is 0 Å². The fourth-order valence-corrected chi connectivity index (χ4v) is 4.98. The van der Waals surface area contributed by atoms with Gasteiger partial charge in [-0.2, -0.15) is 0 Å². The molecule has 4 N–H and O–H groups in total. The Hall–Kier alpha value is -4.18. The average Bonchev–Trinajstić information content (AvgIpc) is 3.43.